The van der Waals surface area contributed by atoms with E-state index in [0.29, 0.717) is 18.4 Å². The molecule has 0 amide bonds. The topological polar surface area (TPSA) is 35.5 Å². The van der Waals surface area contributed by atoms with E-state index < -0.39 is 0 Å². The molecule has 0 saturated carbocycles. The molecule has 0 aromatic heterocycles. The molecule has 1 aliphatic rings. The van der Waals surface area contributed by atoms with E-state index in [1.165, 1.54) is 11.3 Å². The van der Waals surface area contributed by atoms with Crippen molar-refractivity contribution in [3.05, 3.63) is 28.8 Å². The number of rotatable bonds is 6. The lowest BCUT2D eigenvalue weighted by atomic mass is 9.97. The maximum absolute atomic E-state index is 9.26. The van der Waals surface area contributed by atoms with Crippen molar-refractivity contribution < 1.29 is 5.11 Å². The maximum atomic E-state index is 9.26. The van der Waals surface area contributed by atoms with Gasteiger partial charge >= 0.3 is 0 Å². The first-order chi connectivity index (χ1) is 10.1. The summed E-state index contributed by atoms with van der Waals surface area (Å²) in [5, 5.41) is 13.6. The smallest absolute Gasteiger partial charge is 0.0460 e. The summed E-state index contributed by atoms with van der Waals surface area (Å²) in [6.07, 6.45) is 2.13. The zero-order valence-corrected chi connectivity index (χ0v) is 13.9. The third-order valence-corrected chi connectivity index (χ3v) is 4.36. The van der Waals surface area contributed by atoms with Crippen molar-refractivity contribution >= 4 is 17.3 Å². The molecule has 1 aromatic carbocycles. The minimum absolute atomic E-state index is 0.317. The summed E-state index contributed by atoms with van der Waals surface area (Å²) >= 11 is 6.16. The number of piperidine rings is 1. The van der Waals surface area contributed by atoms with E-state index in [9.17, 15) is 5.11 Å². The van der Waals surface area contributed by atoms with Gasteiger partial charge in [-0.05, 0) is 55.0 Å². The Kier molecular flexibility index (Phi) is 6.34. The first-order valence-corrected chi connectivity index (χ1v) is 8.33. The van der Waals surface area contributed by atoms with Gasteiger partial charge in [-0.15, -0.1) is 0 Å². The highest BCUT2D eigenvalue weighted by Crippen LogP contribution is 2.28. The molecule has 1 aliphatic heterocycles. The van der Waals surface area contributed by atoms with E-state index in [2.05, 4.69) is 36.2 Å². The second-order valence-electron chi connectivity index (χ2n) is 6.41. The molecule has 1 fully saturated rings. The Morgan fingerprint density at radius 1 is 1.33 bits per heavy atom. The van der Waals surface area contributed by atoms with E-state index in [0.717, 1.165) is 44.0 Å². The number of halogens is 1. The van der Waals surface area contributed by atoms with Crippen LogP contribution in [0.4, 0.5) is 5.69 Å². The molecule has 0 radical (unpaired) electrons. The molecule has 21 heavy (non-hydrogen) atoms. The fourth-order valence-corrected chi connectivity index (χ4v) is 3.05. The minimum Gasteiger partial charge on any atom is -0.396 e. The highest BCUT2D eigenvalue weighted by Gasteiger charge is 2.20. The number of hydrogen-bond acceptors (Lipinski definition) is 3. The second kappa shape index (κ2) is 8.02. The lowest BCUT2D eigenvalue weighted by Gasteiger charge is -2.34. The molecular formula is C17H27ClN2O. The lowest BCUT2D eigenvalue weighted by Crippen LogP contribution is -2.35. The van der Waals surface area contributed by atoms with Crippen LogP contribution in [0.15, 0.2) is 18.2 Å². The van der Waals surface area contributed by atoms with Crippen LogP contribution in [0.2, 0.25) is 5.02 Å². The lowest BCUT2D eigenvalue weighted by molar-refractivity contribution is 0.203. The van der Waals surface area contributed by atoms with Crippen LogP contribution in [0.3, 0.4) is 0 Å². The molecule has 0 unspecified atom stereocenters. The molecule has 1 saturated heterocycles. The van der Waals surface area contributed by atoms with Gasteiger partial charge < -0.3 is 15.3 Å². The monoisotopic (exact) mass is 310 g/mol. The summed E-state index contributed by atoms with van der Waals surface area (Å²) in [5.74, 6) is 1.11. The van der Waals surface area contributed by atoms with E-state index in [1.807, 2.05) is 6.07 Å². The van der Waals surface area contributed by atoms with Crippen LogP contribution in [-0.4, -0.2) is 31.3 Å². The molecule has 0 aliphatic carbocycles. The first kappa shape index (κ1) is 16.6. The number of nitrogens with one attached hydrogen (secondary N) is 1. The van der Waals surface area contributed by atoms with Gasteiger partial charge in [-0.3, -0.25) is 0 Å². The minimum atomic E-state index is 0.317. The molecule has 2 N–H and O–H groups in total. The van der Waals surface area contributed by atoms with Crippen molar-refractivity contribution in [3.63, 3.8) is 0 Å². The SMILES string of the molecule is CC(C)CNCc1cc(Cl)ccc1N1CCC(CO)CC1. The number of aliphatic hydroxyl groups excluding tert-OH is 1. The van der Waals surface area contributed by atoms with E-state index in [-0.39, 0.29) is 0 Å². The Balaban J connectivity index is 2.04. The number of hydrogen-bond donors (Lipinski definition) is 2. The van der Waals surface area contributed by atoms with Gasteiger partial charge in [0.15, 0.2) is 0 Å². The zero-order chi connectivity index (χ0) is 15.2. The van der Waals surface area contributed by atoms with Crippen molar-refractivity contribution in [3.8, 4) is 0 Å². The van der Waals surface area contributed by atoms with Gasteiger partial charge in [0.25, 0.3) is 0 Å². The molecule has 2 rings (SSSR count). The summed E-state index contributed by atoms with van der Waals surface area (Å²) in [5.41, 5.74) is 2.55. The van der Waals surface area contributed by atoms with Crippen LogP contribution in [0.5, 0.6) is 0 Å². The number of aliphatic hydroxyl groups is 1. The highest BCUT2D eigenvalue weighted by atomic mass is 35.5. The summed E-state index contributed by atoms with van der Waals surface area (Å²) in [7, 11) is 0. The predicted molar refractivity (Wildman–Crippen MR) is 90.0 cm³/mol. The van der Waals surface area contributed by atoms with Gasteiger partial charge in [0.1, 0.15) is 0 Å². The van der Waals surface area contributed by atoms with Crippen LogP contribution in [-0.2, 0) is 6.54 Å². The van der Waals surface area contributed by atoms with Crippen LogP contribution in [0.25, 0.3) is 0 Å². The molecule has 118 valence electrons. The molecule has 4 heteroatoms. The van der Waals surface area contributed by atoms with E-state index >= 15 is 0 Å². The average Bonchev–Trinajstić information content (AvgIpc) is 2.47. The zero-order valence-electron chi connectivity index (χ0n) is 13.1. The Hall–Kier alpha value is -0.770. The maximum Gasteiger partial charge on any atom is 0.0460 e. The number of anilines is 1. The number of nitrogens with zero attached hydrogens (tertiary/aromatic N) is 1. The van der Waals surface area contributed by atoms with Gasteiger partial charge in [-0.1, -0.05) is 25.4 Å². The van der Waals surface area contributed by atoms with Crippen molar-refractivity contribution in [2.75, 3.05) is 31.1 Å². The van der Waals surface area contributed by atoms with Gasteiger partial charge in [0, 0.05) is 37.0 Å². The first-order valence-electron chi connectivity index (χ1n) is 7.95. The molecule has 0 spiro atoms. The molecule has 3 nitrogen and oxygen atoms in total. The largest absolute Gasteiger partial charge is 0.396 e. The Bertz CT molecular complexity index is 442. The third kappa shape index (κ3) is 4.87. The average molecular weight is 311 g/mol. The second-order valence-corrected chi connectivity index (χ2v) is 6.85. The van der Waals surface area contributed by atoms with Gasteiger partial charge in [-0.2, -0.15) is 0 Å². The van der Waals surface area contributed by atoms with Crippen molar-refractivity contribution in [1.82, 2.24) is 5.32 Å². The highest BCUT2D eigenvalue weighted by molar-refractivity contribution is 6.30. The van der Waals surface area contributed by atoms with E-state index in [4.69, 9.17) is 11.6 Å². The van der Waals surface area contributed by atoms with E-state index in [1.54, 1.807) is 0 Å². The van der Waals surface area contributed by atoms with Crippen LogP contribution in [0, 0.1) is 11.8 Å². The Labute approximate surface area is 133 Å². The van der Waals surface area contributed by atoms with Crippen molar-refractivity contribution in [2.24, 2.45) is 11.8 Å². The summed E-state index contributed by atoms with van der Waals surface area (Å²) < 4.78 is 0. The standard InChI is InChI=1S/C17H27ClN2O/c1-13(2)10-19-11-15-9-16(18)3-4-17(15)20-7-5-14(12-21)6-8-20/h3-4,9,13-14,19,21H,5-8,10-12H2,1-2H3. The fourth-order valence-electron chi connectivity index (χ4n) is 2.86. The summed E-state index contributed by atoms with van der Waals surface area (Å²) in [6, 6.07) is 6.18. The van der Waals surface area contributed by atoms with Gasteiger partial charge in [0.2, 0.25) is 0 Å². The fraction of sp³-hybridized carbons (Fsp3) is 0.647. The van der Waals surface area contributed by atoms with Gasteiger partial charge in [-0.25, -0.2) is 0 Å². The summed E-state index contributed by atoms with van der Waals surface area (Å²) in [4.78, 5) is 2.43. The molecular weight excluding hydrogens is 284 g/mol. The van der Waals surface area contributed by atoms with Crippen LogP contribution < -0.4 is 10.2 Å². The van der Waals surface area contributed by atoms with Crippen LogP contribution in [0.1, 0.15) is 32.3 Å². The normalized spacial score (nSPS) is 16.7. The molecule has 0 bridgehead atoms. The van der Waals surface area contributed by atoms with Crippen molar-refractivity contribution in [1.29, 1.82) is 0 Å². The Morgan fingerprint density at radius 2 is 2.05 bits per heavy atom. The number of benzene rings is 1. The van der Waals surface area contributed by atoms with Crippen molar-refractivity contribution in [2.45, 2.75) is 33.2 Å². The molecule has 1 heterocycles. The molecule has 0 atom stereocenters. The molecule has 1 aromatic rings. The van der Waals surface area contributed by atoms with Gasteiger partial charge in [0.05, 0.1) is 0 Å². The predicted octanol–water partition coefficient (Wildman–Crippen LogP) is 3.29. The third-order valence-electron chi connectivity index (χ3n) is 4.12. The quantitative estimate of drug-likeness (QED) is 0.846. The summed E-state index contributed by atoms with van der Waals surface area (Å²) in [6.45, 7) is 8.65. The Morgan fingerprint density at radius 3 is 2.67 bits per heavy atom. The van der Waals surface area contributed by atoms with Crippen LogP contribution >= 0.6 is 11.6 Å².